The molecule has 4 nitrogen and oxygen atoms in total. The molecule has 0 saturated heterocycles. The summed E-state index contributed by atoms with van der Waals surface area (Å²) in [6, 6.07) is 0. The van der Waals surface area contributed by atoms with Crippen molar-refractivity contribution in [1.82, 2.24) is 5.32 Å². The van der Waals surface area contributed by atoms with Gasteiger partial charge in [0.1, 0.15) is 0 Å². The Labute approximate surface area is 129 Å². The zero-order valence-corrected chi connectivity index (χ0v) is 14.4. The first-order valence-corrected chi connectivity index (χ1v) is 7.46. The zero-order chi connectivity index (χ0) is 16.8. The van der Waals surface area contributed by atoms with Gasteiger partial charge in [0.15, 0.2) is 0 Å². The van der Waals surface area contributed by atoms with Crippen LogP contribution in [0.2, 0.25) is 0 Å². The van der Waals surface area contributed by atoms with Crippen LogP contribution in [0.3, 0.4) is 0 Å². The molecule has 0 heterocycles. The van der Waals surface area contributed by atoms with Crippen LogP contribution in [0.1, 0.15) is 60.3 Å². The molecule has 1 amide bonds. The van der Waals surface area contributed by atoms with Crippen LogP contribution in [0, 0.1) is 16.7 Å². The SMILES string of the molecule is C=C(CC(CC(=O)O)C(=O)NC)CC(C)(C)CC(C)(C)C. The first-order valence-electron chi connectivity index (χ1n) is 7.46. The summed E-state index contributed by atoms with van der Waals surface area (Å²) in [5.41, 5.74) is 1.26. The zero-order valence-electron chi connectivity index (χ0n) is 14.4. The number of carbonyl (C=O) groups is 2. The van der Waals surface area contributed by atoms with Gasteiger partial charge in [0, 0.05) is 7.05 Å². The van der Waals surface area contributed by atoms with Crippen molar-refractivity contribution in [3.05, 3.63) is 12.2 Å². The fraction of sp³-hybridized carbons (Fsp3) is 0.765. The molecule has 0 radical (unpaired) electrons. The Hall–Kier alpha value is -1.32. The van der Waals surface area contributed by atoms with E-state index in [1.165, 1.54) is 7.05 Å². The van der Waals surface area contributed by atoms with Crippen LogP contribution in [-0.4, -0.2) is 24.0 Å². The Morgan fingerprint density at radius 3 is 2.05 bits per heavy atom. The van der Waals surface area contributed by atoms with Gasteiger partial charge < -0.3 is 10.4 Å². The Morgan fingerprint density at radius 2 is 1.67 bits per heavy atom. The van der Waals surface area contributed by atoms with Gasteiger partial charge in [0.25, 0.3) is 0 Å². The lowest BCUT2D eigenvalue weighted by Crippen LogP contribution is -2.30. The second kappa shape index (κ2) is 7.62. The van der Waals surface area contributed by atoms with Crippen molar-refractivity contribution >= 4 is 11.9 Å². The molecule has 0 aromatic carbocycles. The highest BCUT2D eigenvalue weighted by molar-refractivity contribution is 5.83. The summed E-state index contributed by atoms with van der Waals surface area (Å²) < 4.78 is 0. The summed E-state index contributed by atoms with van der Waals surface area (Å²) >= 11 is 0. The molecule has 0 spiro atoms. The molecule has 0 aliphatic rings. The number of aliphatic carboxylic acids is 1. The van der Waals surface area contributed by atoms with Gasteiger partial charge in [0.2, 0.25) is 5.91 Å². The maximum absolute atomic E-state index is 11.8. The van der Waals surface area contributed by atoms with Crippen molar-refractivity contribution in [3.8, 4) is 0 Å². The summed E-state index contributed by atoms with van der Waals surface area (Å²) in [6.45, 7) is 15.1. The maximum Gasteiger partial charge on any atom is 0.304 e. The minimum Gasteiger partial charge on any atom is -0.481 e. The van der Waals surface area contributed by atoms with E-state index < -0.39 is 11.9 Å². The predicted octanol–water partition coefficient (Wildman–Crippen LogP) is 3.62. The van der Waals surface area contributed by atoms with E-state index in [1.54, 1.807) is 0 Å². The third-order valence-electron chi connectivity index (χ3n) is 3.31. The number of carboxylic acid groups (broad SMARTS) is 1. The van der Waals surface area contributed by atoms with Gasteiger partial charge >= 0.3 is 5.97 Å². The van der Waals surface area contributed by atoms with Crippen LogP contribution >= 0.6 is 0 Å². The van der Waals surface area contributed by atoms with Crippen LogP contribution < -0.4 is 5.32 Å². The predicted molar refractivity (Wildman–Crippen MR) is 86.0 cm³/mol. The number of carbonyl (C=O) groups excluding carboxylic acids is 1. The molecule has 0 aliphatic carbocycles. The first kappa shape index (κ1) is 19.7. The fourth-order valence-corrected chi connectivity index (χ4v) is 3.27. The van der Waals surface area contributed by atoms with Gasteiger partial charge in [0.05, 0.1) is 12.3 Å². The number of amides is 1. The molecule has 1 unspecified atom stereocenters. The minimum absolute atomic E-state index is 0.0891. The van der Waals surface area contributed by atoms with Crippen LogP contribution in [0.4, 0.5) is 0 Å². The number of carboxylic acids is 1. The Morgan fingerprint density at radius 1 is 1.14 bits per heavy atom. The third-order valence-corrected chi connectivity index (χ3v) is 3.31. The van der Waals surface area contributed by atoms with Crippen LogP contribution in [0.15, 0.2) is 12.2 Å². The van der Waals surface area contributed by atoms with Crippen molar-refractivity contribution in [2.45, 2.75) is 60.3 Å². The van der Waals surface area contributed by atoms with E-state index in [0.717, 1.165) is 18.4 Å². The molecule has 1 atom stereocenters. The van der Waals surface area contributed by atoms with Crippen molar-refractivity contribution in [2.24, 2.45) is 16.7 Å². The molecule has 122 valence electrons. The van der Waals surface area contributed by atoms with E-state index in [4.69, 9.17) is 5.11 Å². The molecule has 0 fully saturated rings. The maximum atomic E-state index is 11.8. The molecule has 4 heteroatoms. The largest absolute Gasteiger partial charge is 0.481 e. The van der Waals surface area contributed by atoms with Gasteiger partial charge in [-0.2, -0.15) is 0 Å². The summed E-state index contributed by atoms with van der Waals surface area (Å²) in [5, 5.41) is 11.5. The summed E-state index contributed by atoms with van der Waals surface area (Å²) in [5.74, 6) is -1.72. The molecule has 0 rings (SSSR count). The average Bonchev–Trinajstić information content (AvgIpc) is 2.21. The van der Waals surface area contributed by atoms with Crippen molar-refractivity contribution in [3.63, 3.8) is 0 Å². The summed E-state index contributed by atoms with van der Waals surface area (Å²) in [7, 11) is 1.53. The van der Waals surface area contributed by atoms with Crippen molar-refractivity contribution < 1.29 is 14.7 Å². The quantitative estimate of drug-likeness (QED) is 0.672. The lowest BCUT2D eigenvalue weighted by Gasteiger charge is -2.33. The number of hydrogen-bond acceptors (Lipinski definition) is 2. The van der Waals surface area contributed by atoms with Gasteiger partial charge in [-0.25, -0.2) is 0 Å². The fourth-order valence-electron chi connectivity index (χ4n) is 3.27. The highest BCUT2D eigenvalue weighted by Gasteiger charge is 2.28. The van der Waals surface area contributed by atoms with Crippen molar-refractivity contribution in [2.75, 3.05) is 7.05 Å². The highest BCUT2D eigenvalue weighted by Crippen LogP contribution is 2.38. The highest BCUT2D eigenvalue weighted by atomic mass is 16.4. The number of nitrogens with one attached hydrogen (secondary N) is 1. The average molecular weight is 297 g/mol. The van der Waals surface area contributed by atoms with E-state index in [-0.39, 0.29) is 23.2 Å². The molecule has 0 saturated carbocycles. The number of hydrogen-bond donors (Lipinski definition) is 2. The second-order valence-corrected chi connectivity index (χ2v) is 7.94. The Bertz CT molecular complexity index is 391. The molecular formula is C17H31NO3. The normalized spacial score (nSPS) is 13.6. The van der Waals surface area contributed by atoms with Gasteiger partial charge in [-0.3, -0.25) is 9.59 Å². The van der Waals surface area contributed by atoms with E-state index in [1.807, 2.05) is 0 Å². The smallest absolute Gasteiger partial charge is 0.304 e. The second-order valence-electron chi connectivity index (χ2n) is 7.94. The first-order chi connectivity index (χ1) is 9.36. The lowest BCUT2D eigenvalue weighted by atomic mass is 9.72. The Balaban J connectivity index is 4.70. The lowest BCUT2D eigenvalue weighted by molar-refractivity contribution is -0.141. The number of allylic oxidation sites excluding steroid dienone is 1. The Kier molecular flexibility index (Phi) is 7.14. The molecule has 21 heavy (non-hydrogen) atoms. The molecule has 0 bridgehead atoms. The molecule has 2 N–H and O–H groups in total. The minimum atomic E-state index is -0.953. The van der Waals surface area contributed by atoms with E-state index in [9.17, 15) is 9.59 Å². The number of rotatable bonds is 8. The summed E-state index contributed by atoms with van der Waals surface area (Å²) in [6.07, 6.45) is 2.12. The monoisotopic (exact) mass is 297 g/mol. The van der Waals surface area contributed by atoms with Crippen LogP contribution in [-0.2, 0) is 9.59 Å². The molecule has 0 aromatic rings. The van der Waals surface area contributed by atoms with Crippen LogP contribution in [0.5, 0.6) is 0 Å². The molecule has 0 aromatic heterocycles. The summed E-state index contributed by atoms with van der Waals surface area (Å²) in [4.78, 5) is 22.6. The van der Waals surface area contributed by atoms with Crippen LogP contribution in [0.25, 0.3) is 0 Å². The molecule has 0 aliphatic heterocycles. The van der Waals surface area contributed by atoms with E-state index >= 15 is 0 Å². The topological polar surface area (TPSA) is 66.4 Å². The van der Waals surface area contributed by atoms with E-state index in [2.05, 4.69) is 46.5 Å². The molecular weight excluding hydrogens is 266 g/mol. The van der Waals surface area contributed by atoms with Gasteiger partial charge in [-0.15, -0.1) is 0 Å². The van der Waals surface area contributed by atoms with Gasteiger partial charge in [-0.05, 0) is 30.1 Å². The van der Waals surface area contributed by atoms with Crippen molar-refractivity contribution in [1.29, 1.82) is 0 Å². The van der Waals surface area contributed by atoms with E-state index in [0.29, 0.717) is 6.42 Å². The standard InChI is InChI=1S/C17H31NO3/c1-12(10-17(5,6)11-16(2,3)4)8-13(9-14(19)20)15(21)18-7/h13H,1,8-11H2,2-7H3,(H,18,21)(H,19,20). The van der Waals surface area contributed by atoms with Gasteiger partial charge in [-0.1, -0.05) is 46.8 Å². The third kappa shape index (κ3) is 9.27.